The molecule has 0 aliphatic carbocycles. The van der Waals surface area contributed by atoms with E-state index in [1.54, 1.807) is 6.07 Å². The third kappa shape index (κ3) is 3.26. The first-order valence-electron chi connectivity index (χ1n) is 5.76. The summed E-state index contributed by atoms with van der Waals surface area (Å²) in [6, 6.07) is 3.11. The fourth-order valence-corrected chi connectivity index (χ4v) is 2.98. The highest BCUT2D eigenvalue weighted by Crippen LogP contribution is 2.25. The number of rotatable bonds is 5. The van der Waals surface area contributed by atoms with Gasteiger partial charge in [0.2, 0.25) is 15.8 Å². The van der Waals surface area contributed by atoms with Crippen LogP contribution in [0.1, 0.15) is 11.1 Å². The summed E-state index contributed by atoms with van der Waals surface area (Å²) in [5, 5.41) is 10.7. The number of nitrogens with zero attached hydrogens (tertiary/aromatic N) is 1. The van der Waals surface area contributed by atoms with Crippen LogP contribution in [0.2, 0.25) is 0 Å². The summed E-state index contributed by atoms with van der Waals surface area (Å²) in [7, 11) is -4.00. The number of hydrogen-bond donors (Lipinski definition) is 1. The van der Waals surface area contributed by atoms with Crippen molar-refractivity contribution in [3.8, 4) is 0 Å². The molecule has 0 fully saturated rings. The Labute approximate surface area is 119 Å². The molecule has 2 rings (SSSR count). The van der Waals surface area contributed by atoms with Gasteiger partial charge in [0.15, 0.2) is 0 Å². The number of nitrogens with one attached hydrogen (secondary N) is 1. The quantitative estimate of drug-likeness (QED) is 0.672. The summed E-state index contributed by atoms with van der Waals surface area (Å²) in [5.74, 6) is -1.08. The second-order valence-corrected chi connectivity index (χ2v) is 6.02. The fourth-order valence-electron chi connectivity index (χ4n) is 1.72. The maximum Gasteiger partial charge on any atom is 0.306 e. The zero-order valence-corrected chi connectivity index (χ0v) is 11.7. The summed E-state index contributed by atoms with van der Waals surface area (Å²) in [4.78, 5) is 9.39. The van der Waals surface area contributed by atoms with E-state index < -0.39 is 26.5 Å². The maximum atomic E-state index is 13.4. The summed E-state index contributed by atoms with van der Waals surface area (Å²) >= 11 is 0. The second-order valence-electron chi connectivity index (χ2n) is 4.28. The van der Waals surface area contributed by atoms with Crippen LogP contribution in [0.15, 0.2) is 40.0 Å². The number of aryl methyl sites for hydroxylation is 1. The van der Waals surface area contributed by atoms with Gasteiger partial charge in [0.05, 0.1) is 22.3 Å². The lowest BCUT2D eigenvalue weighted by Gasteiger charge is -2.09. The molecule has 2 aromatic rings. The van der Waals surface area contributed by atoms with Crippen LogP contribution in [-0.2, 0) is 16.6 Å². The van der Waals surface area contributed by atoms with E-state index >= 15 is 0 Å². The SMILES string of the molecule is Cc1cc(F)c([N+](=O)[O-])cc1S(=O)(=O)NCc1ccoc1. The maximum absolute atomic E-state index is 13.4. The van der Waals surface area contributed by atoms with E-state index in [4.69, 9.17) is 4.42 Å². The Kier molecular flexibility index (Phi) is 4.05. The number of benzene rings is 1. The summed E-state index contributed by atoms with van der Waals surface area (Å²) in [5.41, 5.74) is -0.213. The van der Waals surface area contributed by atoms with Gasteiger partial charge in [0.25, 0.3) is 0 Å². The van der Waals surface area contributed by atoms with E-state index in [1.165, 1.54) is 19.5 Å². The first-order valence-corrected chi connectivity index (χ1v) is 7.25. The number of halogens is 1. The van der Waals surface area contributed by atoms with Gasteiger partial charge in [-0.15, -0.1) is 0 Å². The van der Waals surface area contributed by atoms with Crippen LogP contribution >= 0.6 is 0 Å². The van der Waals surface area contributed by atoms with Crippen LogP contribution in [0.25, 0.3) is 0 Å². The van der Waals surface area contributed by atoms with E-state index in [2.05, 4.69) is 4.72 Å². The Morgan fingerprint density at radius 3 is 2.71 bits per heavy atom. The van der Waals surface area contributed by atoms with Crippen molar-refractivity contribution >= 4 is 15.7 Å². The number of nitro groups is 1. The van der Waals surface area contributed by atoms with Crippen LogP contribution in [-0.4, -0.2) is 13.3 Å². The minimum Gasteiger partial charge on any atom is -0.472 e. The van der Waals surface area contributed by atoms with Crippen LogP contribution in [0.5, 0.6) is 0 Å². The Morgan fingerprint density at radius 2 is 2.14 bits per heavy atom. The van der Waals surface area contributed by atoms with E-state index in [-0.39, 0.29) is 17.0 Å². The smallest absolute Gasteiger partial charge is 0.306 e. The average molecular weight is 314 g/mol. The first-order chi connectivity index (χ1) is 9.81. The van der Waals surface area contributed by atoms with Crippen LogP contribution in [0.3, 0.4) is 0 Å². The number of furan rings is 1. The van der Waals surface area contributed by atoms with Gasteiger partial charge in [-0.2, -0.15) is 4.39 Å². The normalized spacial score (nSPS) is 11.5. The molecule has 0 radical (unpaired) electrons. The lowest BCUT2D eigenvalue weighted by atomic mass is 10.2. The summed E-state index contributed by atoms with van der Waals surface area (Å²) < 4.78 is 44.8. The molecular weight excluding hydrogens is 303 g/mol. The lowest BCUT2D eigenvalue weighted by molar-refractivity contribution is -0.387. The predicted octanol–water partition coefficient (Wildman–Crippen LogP) is 2.11. The van der Waals surface area contributed by atoms with Gasteiger partial charge in [-0.1, -0.05) is 0 Å². The third-order valence-corrected chi connectivity index (χ3v) is 4.32. The van der Waals surface area contributed by atoms with Crippen molar-refractivity contribution in [3.05, 3.63) is 57.8 Å². The molecule has 9 heteroatoms. The largest absolute Gasteiger partial charge is 0.472 e. The van der Waals surface area contributed by atoms with Crippen molar-refractivity contribution in [1.82, 2.24) is 4.72 Å². The molecule has 1 N–H and O–H groups in total. The van der Waals surface area contributed by atoms with Crippen LogP contribution in [0.4, 0.5) is 10.1 Å². The van der Waals surface area contributed by atoms with Crippen LogP contribution in [0, 0.1) is 22.9 Å². The Morgan fingerprint density at radius 1 is 1.43 bits per heavy atom. The molecule has 0 amide bonds. The molecule has 1 aromatic heterocycles. The lowest BCUT2D eigenvalue weighted by Crippen LogP contribution is -2.24. The van der Waals surface area contributed by atoms with Crippen molar-refractivity contribution in [2.75, 3.05) is 0 Å². The van der Waals surface area contributed by atoms with Gasteiger partial charge in [-0.3, -0.25) is 10.1 Å². The highest BCUT2D eigenvalue weighted by atomic mass is 32.2. The van der Waals surface area contributed by atoms with Crippen molar-refractivity contribution in [2.24, 2.45) is 0 Å². The zero-order valence-electron chi connectivity index (χ0n) is 10.9. The molecule has 0 saturated carbocycles. The molecule has 0 saturated heterocycles. The zero-order chi connectivity index (χ0) is 15.6. The minimum atomic E-state index is -4.00. The molecule has 0 bridgehead atoms. The van der Waals surface area contributed by atoms with Gasteiger partial charge in [0.1, 0.15) is 0 Å². The van der Waals surface area contributed by atoms with Gasteiger partial charge in [-0.25, -0.2) is 13.1 Å². The highest BCUT2D eigenvalue weighted by molar-refractivity contribution is 7.89. The molecule has 0 aliphatic heterocycles. The molecule has 7 nitrogen and oxygen atoms in total. The van der Waals surface area contributed by atoms with Crippen molar-refractivity contribution in [1.29, 1.82) is 0 Å². The molecule has 112 valence electrons. The number of nitro benzene ring substituents is 1. The van der Waals surface area contributed by atoms with Gasteiger partial charge < -0.3 is 4.42 Å². The predicted molar refractivity (Wildman–Crippen MR) is 70.5 cm³/mol. The fraction of sp³-hybridized carbons (Fsp3) is 0.167. The monoisotopic (exact) mass is 314 g/mol. The van der Waals surface area contributed by atoms with Crippen molar-refractivity contribution in [2.45, 2.75) is 18.4 Å². The molecule has 0 atom stereocenters. The van der Waals surface area contributed by atoms with Crippen molar-refractivity contribution in [3.63, 3.8) is 0 Å². The highest BCUT2D eigenvalue weighted by Gasteiger charge is 2.24. The van der Waals surface area contributed by atoms with E-state index in [9.17, 15) is 22.9 Å². The molecule has 1 aromatic carbocycles. The minimum absolute atomic E-state index is 0.0382. The molecule has 0 unspecified atom stereocenters. The number of hydrogen-bond acceptors (Lipinski definition) is 5. The molecule has 1 heterocycles. The molecular formula is C12H11FN2O5S. The molecule has 0 spiro atoms. The average Bonchev–Trinajstić information content (AvgIpc) is 2.88. The standard InChI is InChI=1S/C12H11FN2O5S/c1-8-4-10(13)11(15(16)17)5-12(8)21(18,19)14-6-9-2-3-20-7-9/h2-5,7,14H,6H2,1H3. The van der Waals surface area contributed by atoms with E-state index in [1.807, 2.05) is 0 Å². The second kappa shape index (κ2) is 5.62. The van der Waals surface area contributed by atoms with Gasteiger partial charge >= 0.3 is 5.69 Å². The first kappa shape index (κ1) is 15.1. The van der Waals surface area contributed by atoms with Gasteiger partial charge in [0, 0.05) is 18.2 Å². The molecule has 0 aliphatic rings. The molecule has 21 heavy (non-hydrogen) atoms. The Hall–Kier alpha value is -2.26. The Bertz CT molecular complexity index is 771. The topological polar surface area (TPSA) is 102 Å². The Balaban J connectivity index is 2.35. The summed E-state index contributed by atoms with van der Waals surface area (Å²) in [6.45, 7) is 1.32. The number of sulfonamides is 1. The summed E-state index contributed by atoms with van der Waals surface area (Å²) in [6.07, 6.45) is 2.75. The van der Waals surface area contributed by atoms with Gasteiger partial charge in [-0.05, 0) is 24.6 Å². The van der Waals surface area contributed by atoms with E-state index in [0.29, 0.717) is 11.6 Å². The van der Waals surface area contributed by atoms with E-state index in [0.717, 1.165) is 6.07 Å². The third-order valence-electron chi connectivity index (χ3n) is 2.78. The van der Waals surface area contributed by atoms with Crippen molar-refractivity contribution < 1.29 is 22.1 Å². The van der Waals surface area contributed by atoms with Crippen LogP contribution < -0.4 is 4.72 Å².